The number of carbonyl (C=O) groups is 4. The molecular weight excluding hydrogens is 614 g/mol. The summed E-state index contributed by atoms with van der Waals surface area (Å²) in [4.78, 5) is 53.5. The number of alkyl carbamates (subject to hydrolysis) is 1. The standard InChI is InChI=1S/C36H57N5O7/c1-36(2,3)48-35(47)38-27-17-20-41(21-18-27)34(46)40-29(23-25-12-8-5-9-13-25)33(45)37-19-16-30(42)39-28(22-24-10-6-4-7-11-24)32(44)31(43)26-14-15-26/h5,8-9,12-13,24,26-29,31-32,43-44H,4,6-7,10-11,14-23H2,1-3H3,(H,37,45)(H,38,47)(H,39,42)(H,40,46)/t28-,29-,31-,32+/m0/s1. The maximum absolute atomic E-state index is 13.4. The van der Waals surface area contributed by atoms with E-state index in [0.717, 1.165) is 44.1 Å². The smallest absolute Gasteiger partial charge is 0.407 e. The van der Waals surface area contributed by atoms with E-state index in [1.165, 1.54) is 6.42 Å². The van der Waals surface area contributed by atoms with Gasteiger partial charge in [0.2, 0.25) is 11.8 Å². The monoisotopic (exact) mass is 671 g/mol. The largest absolute Gasteiger partial charge is 0.444 e. The molecule has 1 aliphatic heterocycles. The van der Waals surface area contributed by atoms with E-state index in [4.69, 9.17) is 4.74 Å². The van der Waals surface area contributed by atoms with E-state index in [2.05, 4.69) is 21.3 Å². The second-order valence-corrected chi connectivity index (χ2v) is 14.9. The van der Waals surface area contributed by atoms with Crippen LogP contribution in [-0.4, -0.2) is 94.6 Å². The highest BCUT2D eigenvalue weighted by atomic mass is 16.6. The number of rotatable bonds is 14. The molecule has 268 valence electrons. The summed E-state index contributed by atoms with van der Waals surface area (Å²) in [6, 6.07) is 7.52. The van der Waals surface area contributed by atoms with Gasteiger partial charge < -0.3 is 41.1 Å². The van der Waals surface area contributed by atoms with Crippen LogP contribution in [0.15, 0.2) is 30.3 Å². The molecule has 48 heavy (non-hydrogen) atoms. The molecule has 0 aromatic heterocycles. The Kier molecular flexibility index (Phi) is 13.9. The van der Waals surface area contributed by atoms with E-state index in [0.29, 0.717) is 38.3 Å². The van der Waals surface area contributed by atoms with Crippen molar-refractivity contribution in [3.63, 3.8) is 0 Å². The van der Waals surface area contributed by atoms with Crippen LogP contribution >= 0.6 is 0 Å². The lowest BCUT2D eigenvalue weighted by Gasteiger charge is -2.33. The van der Waals surface area contributed by atoms with Crippen molar-refractivity contribution in [1.82, 2.24) is 26.2 Å². The zero-order chi connectivity index (χ0) is 34.7. The minimum Gasteiger partial charge on any atom is -0.444 e. The Labute approximate surface area is 285 Å². The van der Waals surface area contributed by atoms with Crippen LogP contribution in [0.3, 0.4) is 0 Å². The molecule has 3 fully saturated rings. The van der Waals surface area contributed by atoms with E-state index in [-0.39, 0.29) is 43.3 Å². The van der Waals surface area contributed by atoms with E-state index < -0.39 is 41.9 Å². The fraction of sp³-hybridized carbons (Fsp3) is 0.722. The van der Waals surface area contributed by atoms with Gasteiger partial charge in [0, 0.05) is 38.5 Å². The summed E-state index contributed by atoms with van der Waals surface area (Å²) in [5, 5.41) is 33.1. The normalized spacial score (nSPS) is 20.1. The number of ether oxygens (including phenoxy) is 1. The lowest BCUT2D eigenvalue weighted by atomic mass is 9.82. The first-order chi connectivity index (χ1) is 22.9. The van der Waals surface area contributed by atoms with Crippen molar-refractivity contribution in [2.24, 2.45) is 11.8 Å². The van der Waals surface area contributed by atoms with Crippen LogP contribution < -0.4 is 21.3 Å². The third-order valence-corrected chi connectivity index (χ3v) is 9.58. The Morgan fingerprint density at radius 1 is 0.917 bits per heavy atom. The van der Waals surface area contributed by atoms with Crippen LogP contribution in [0.4, 0.5) is 9.59 Å². The lowest BCUT2D eigenvalue weighted by molar-refractivity contribution is -0.124. The van der Waals surface area contributed by atoms with Crippen molar-refractivity contribution < 1.29 is 34.1 Å². The first-order valence-electron chi connectivity index (χ1n) is 17.9. The van der Waals surface area contributed by atoms with E-state index in [1.54, 1.807) is 25.7 Å². The van der Waals surface area contributed by atoms with Crippen LogP contribution in [0.2, 0.25) is 0 Å². The number of carbonyl (C=O) groups excluding carboxylic acids is 4. The number of nitrogens with zero attached hydrogens (tertiary/aromatic N) is 1. The first-order valence-corrected chi connectivity index (χ1v) is 17.9. The lowest BCUT2D eigenvalue weighted by Crippen LogP contribution is -2.55. The molecule has 4 atom stereocenters. The van der Waals surface area contributed by atoms with Crippen molar-refractivity contribution >= 4 is 23.9 Å². The summed E-state index contributed by atoms with van der Waals surface area (Å²) in [6.45, 7) is 6.30. The molecule has 0 radical (unpaired) electrons. The van der Waals surface area contributed by atoms with Gasteiger partial charge in [-0.05, 0) is 70.3 Å². The summed E-state index contributed by atoms with van der Waals surface area (Å²) >= 11 is 0. The summed E-state index contributed by atoms with van der Waals surface area (Å²) in [6.07, 6.45) is 7.05. The molecule has 2 saturated carbocycles. The molecule has 0 spiro atoms. The molecule has 2 aliphatic carbocycles. The first kappa shape index (κ1) is 37.4. The Morgan fingerprint density at radius 2 is 1.58 bits per heavy atom. The van der Waals surface area contributed by atoms with Gasteiger partial charge in [-0.3, -0.25) is 9.59 Å². The Hall–Kier alpha value is -3.38. The number of hydrogen-bond acceptors (Lipinski definition) is 7. The zero-order valence-corrected chi connectivity index (χ0v) is 28.9. The molecule has 6 N–H and O–H groups in total. The maximum Gasteiger partial charge on any atom is 0.407 e. The van der Waals surface area contributed by atoms with Gasteiger partial charge in [-0.15, -0.1) is 0 Å². The van der Waals surface area contributed by atoms with Crippen LogP contribution in [0, 0.1) is 11.8 Å². The van der Waals surface area contributed by atoms with E-state index >= 15 is 0 Å². The highest BCUT2D eigenvalue weighted by molar-refractivity contribution is 5.88. The average molecular weight is 672 g/mol. The number of nitrogens with one attached hydrogen (secondary N) is 4. The number of benzene rings is 1. The minimum atomic E-state index is -1.03. The molecule has 5 amide bonds. The van der Waals surface area contributed by atoms with Crippen LogP contribution in [-0.2, 0) is 20.7 Å². The van der Waals surface area contributed by atoms with Crippen molar-refractivity contribution in [2.75, 3.05) is 19.6 Å². The van der Waals surface area contributed by atoms with Crippen molar-refractivity contribution in [3.8, 4) is 0 Å². The average Bonchev–Trinajstić information content (AvgIpc) is 3.90. The third kappa shape index (κ3) is 12.6. The fourth-order valence-corrected chi connectivity index (χ4v) is 6.72. The van der Waals surface area contributed by atoms with Gasteiger partial charge in [0.1, 0.15) is 17.7 Å². The topological polar surface area (TPSA) is 169 Å². The predicted molar refractivity (Wildman–Crippen MR) is 182 cm³/mol. The van der Waals surface area contributed by atoms with E-state index in [9.17, 15) is 29.4 Å². The Balaban J connectivity index is 1.28. The van der Waals surface area contributed by atoms with Gasteiger partial charge in [-0.1, -0.05) is 62.4 Å². The van der Waals surface area contributed by atoms with Gasteiger partial charge in [-0.25, -0.2) is 9.59 Å². The molecule has 0 unspecified atom stereocenters. The summed E-state index contributed by atoms with van der Waals surface area (Å²) in [5.41, 5.74) is 0.283. The predicted octanol–water partition coefficient (Wildman–Crippen LogP) is 3.39. The number of piperidine rings is 1. The Morgan fingerprint density at radius 3 is 2.21 bits per heavy atom. The molecule has 0 bridgehead atoms. The third-order valence-electron chi connectivity index (χ3n) is 9.58. The van der Waals surface area contributed by atoms with Gasteiger partial charge in [0.05, 0.1) is 12.1 Å². The highest BCUT2D eigenvalue weighted by Gasteiger charge is 2.39. The SMILES string of the molecule is CC(C)(C)OC(=O)NC1CCN(C(=O)N[C@@H](Cc2ccccc2)C(=O)NCCC(=O)N[C@@H](CC2CCCCC2)[C@@H](O)[C@@H](O)C2CC2)CC1. The quantitative estimate of drug-likeness (QED) is 0.176. The van der Waals surface area contributed by atoms with Gasteiger partial charge in [0.25, 0.3) is 0 Å². The zero-order valence-electron chi connectivity index (χ0n) is 28.9. The van der Waals surface area contributed by atoms with E-state index in [1.807, 2.05) is 30.3 Å². The maximum atomic E-state index is 13.4. The molecule has 1 heterocycles. The molecule has 4 rings (SSSR count). The molecule has 3 aliphatic rings. The molecule has 1 saturated heterocycles. The summed E-state index contributed by atoms with van der Waals surface area (Å²) < 4.78 is 5.34. The minimum absolute atomic E-state index is 0.00329. The van der Waals surface area contributed by atoms with Crippen LogP contribution in [0.1, 0.15) is 97.0 Å². The number of likely N-dealkylation sites (tertiary alicyclic amines) is 1. The number of amides is 5. The van der Waals surface area contributed by atoms with Gasteiger partial charge in [-0.2, -0.15) is 0 Å². The number of hydrogen-bond donors (Lipinski definition) is 6. The van der Waals surface area contributed by atoms with Crippen LogP contribution in [0.5, 0.6) is 0 Å². The number of urea groups is 1. The molecule has 12 nitrogen and oxygen atoms in total. The second kappa shape index (κ2) is 17.9. The number of aliphatic hydroxyl groups excluding tert-OH is 2. The molecule has 1 aromatic carbocycles. The summed E-state index contributed by atoms with van der Waals surface area (Å²) in [7, 11) is 0. The highest BCUT2D eigenvalue weighted by Crippen LogP contribution is 2.36. The fourth-order valence-electron chi connectivity index (χ4n) is 6.72. The van der Waals surface area contributed by atoms with Crippen molar-refractivity contribution in [2.45, 2.75) is 134 Å². The molecular formula is C36H57N5O7. The summed E-state index contributed by atoms with van der Waals surface area (Å²) in [5.74, 6) is -0.213. The number of aliphatic hydroxyl groups is 2. The van der Waals surface area contributed by atoms with Crippen molar-refractivity contribution in [3.05, 3.63) is 35.9 Å². The molecule has 12 heteroatoms. The van der Waals surface area contributed by atoms with Gasteiger partial charge >= 0.3 is 12.1 Å². The van der Waals surface area contributed by atoms with Crippen molar-refractivity contribution in [1.29, 1.82) is 0 Å². The molecule has 1 aromatic rings. The van der Waals surface area contributed by atoms with Crippen LogP contribution in [0.25, 0.3) is 0 Å². The van der Waals surface area contributed by atoms with Gasteiger partial charge in [0.15, 0.2) is 0 Å². The second-order valence-electron chi connectivity index (χ2n) is 14.9. The Bertz CT molecular complexity index is 1190.